The molecule has 0 aliphatic carbocycles. The smallest absolute Gasteiger partial charge is 0.236 e. The monoisotopic (exact) mass is 339 g/mol. The number of hydrogen-bond acceptors (Lipinski definition) is 5. The van der Waals surface area contributed by atoms with Crippen LogP contribution in [0.4, 0.5) is 0 Å². The van der Waals surface area contributed by atoms with Crippen LogP contribution in [0.5, 0.6) is 0 Å². The summed E-state index contributed by atoms with van der Waals surface area (Å²) in [4.78, 5) is 19.5. The summed E-state index contributed by atoms with van der Waals surface area (Å²) >= 11 is 0. The molecule has 3 unspecified atom stereocenters. The maximum absolute atomic E-state index is 12.6. The highest BCUT2D eigenvalue weighted by molar-refractivity contribution is 5.78. The van der Waals surface area contributed by atoms with E-state index in [2.05, 4.69) is 16.7 Å². The quantitative estimate of drug-likeness (QED) is 0.761. The van der Waals surface area contributed by atoms with Crippen molar-refractivity contribution >= 4 is 5.91 Å². The van der Waals surface area contributed by atoms with Crippen molar-refractivity contribution in [3.8, 4) is 0 Å². The fraction of sp³-hybridized carbons (Fsp3) is 0.944. The highest BCUT2D eigenvalue weighted by atomic mass is 16.5. The Hall–Kier alpha value is -0.690. The number of rotatable bonds is 3. The topological polar surface area (TPSA) is 45.2 Å². The Kier molecular flexibility index (Phi) is 6.13. The fourth-order valence-electron chi connectivity index (χ4n) is 4.29. The van der Waals surface area contributed by atoms with E-state index in [1.807, 2.05) is 18.7 Å². The van der Waals surface area contributed by atoms with Crippen molar-refractivity contribution in [2.75, 3.05) is 52.4 Å². The summed E-state index contributed by atoms with van der Waals surface area (Å²) in [5.41, 5.74) is 0. The van der Waals surface area contributed by atoms with Gasteiger partial charge in [0.15, 0.2) is 0 Å². The van der Waals surface area contributed by atoms with E-state index in [1.165, 1.54) is 0 Å². The average Bonchev–Trinajstić information content (AvgIpc) is 2.54. The van der Waals surface area contributed by atoms with Crippen molar-refractivity contribution in [1.29, 1.82) is 0 Å². The van der Waals surface area contributed by atoms with Crippen molar-refractivity contribution < 1.29 is 14.3 Å². The van der Waals surface area contributed by atoms with Crippen molar-refractivity contribution in [2.45, 2.75) is 58.0 Å². The molecule has 0 aromatic heterocycles. The van der Waals surface area contributed by atoms with Crippen LogP contribution in [0.3, 0.4) is 0 Å². The predicted octanol–water partition coefficient (Wildman–Crippen LogP) is 0.807. The van der Waals surface area contributed by atoms with E-state index in [1.54, 1.807) is 0 Å². The van der Waals surface area contributed by atoms with E-state index < -0.39 is 0 Å². The molecule has 0 spiro atoms. The first-order chi connectivity index (χ1) is 11.5. The lowest BCUT2D eigenvalue weighted by molar-refractivity contribution is -0.144. The van der Waals surface area contributed by atoms with Crippen molar-refractivity contribution in [2.24, 2.45) is 0 Å². The number of amides is 1. The lowest BCUT2D eigenvalue weighted by Gasteiger charge is -2.42. The Morgan fingerprint density at radius 3 is 2.25 bits per heavy atom. The molecular formula is C18H33N3O3. The average molecular weight is 339 g/mol. The van der Waals surface area contributed by atoms with Gasteiger partial charge in [-0.2, -0.15) is 0 Å². The summed E-state index contributed by atoms with van der Waals surface area (Å²) in [5, 5.41) is 0. The van der Waals surface area contributed by atoms with E-state index in [0.717, 1.165) is 58.7 Å². The number of nitrogens with zero attached hydrogens (tertiary/aromatic N) is 3. The summed E-state index contributed by atoms with van der Waals surface area (Å²) in [5.74, 6) is 0.260. The van der Waals surface area contributed by atoms with Gasteiger partial charge < -0.3 is 14.4 Å². The van der Waals surface area contributed by atoms with Crippen LogP contribution >= 0.6 is 0 Å². The third kappa shape index (κ3) is 4.69. The van der Waals surface area contributed by atoms with Gasteiger partial charge in [0, 0.05) is 45.3 Å². The molecule has 6 nitrogen and oxygen atoms in total. The van der Waals surface area contributed by atoms with E-state index in [4.69, 9.17) is 9.47 Å². The third-order valence-corrected chi connectivity index (χ3v) is 5.48. The Morgan fingerprint density at radius 1 is 0.958 bits per heavy atom. The van der Waals surface area contributed by atoms with Crippen LogP contribution < -0.4 is 0 Å². The molecular weight excluding hydrogens is 306 g/mol. The molecule has 0 bridgehead atoms. The molecule has 24 heavy (non-hydrogen) atoms. The zero-order valence-corrected chi connectivity index (χ0v) is 15.4. The zero-order valence-electron chi connectivity index (χ0n) is 15.4. The highest BCUT2D eigenvalue weighted by Gasteiger charge is 2.30. The Bertz CT molecular complexity index is 416. The number of carbonyl (C=O) groups is 1. The molecule has 0 radical (unpaired) electrons. The van der Waals surface area contributed by atoms with Crippen molar-refractivity contribution in [3.63, 3.8) is 0 Å². The zero-order chi connectivity index (χ0) is 17.1. The van der Waals surface area contributed by atoms with Gasteiger partial charge in [-0.15, -0.1) is 0 Å². The van der Waals surface area contributed by atoms with Gasteiger partial charge in [0.05, 0.1) is 31.5 Å². The molecule has 0 aromatic rings. The molecule has 3 aliphatic rings. The van der Waals surface area contributed by atoms with Gasteiger partial charge in [-0.3, -0.25) is 14.6 Å². The first-order valence-electron chi connectivity index (χ1n) is 9.52. The van der Waals surface area contributed by atoms with Crippen LogP contribution in [-0.2, 0) is 14.3 Å². The maximum Gasteiger partial charge on any atom is 0.236 e. The molecule has 6 heteroatoms. The lowest BCUT2D eigenvalue weighted by Crippen LogP contribution is -2.54. The number of hydrogen-bond donors (Lipinski definition) is 0. The number of carbonyl (C=O) groups excluding carboxylic acids is 1. The second-order valence-corrected chi connectivity index (χ2v) is 7.74. The third-order valence-electron chi connectivity index (χ3n) is 5.48. The van der Waals surface area contributed by atoms with E-state index in [9.17, 15) is 4.79 Å². The van der Waals surface area contributed by atoms with Gasteiger partial charge in [-0.25, -0.2) is 0 Å². The standard InChI is InChI=1S/C18H33N3O3/c1-14-10-20(8-9-23-14)17-4-6-19(7-5-17)13-18(22)21-11-15(2)24-16(3)12-21/h14-17H,4-13H2,1-3H3. The molecule has 3 aliphatic heterocycles. The van der Waals surface area contributed by atoms with Crippen LogP contribution in [0.1, 0.15) is 33.6 Å². The molecule has 138 valence electrons. The van der Waals surface area contributed by atoms with Gasteiger partial charge in [0.2, 0.25) is 5.91 Å². The number of morpholine rings is 2. The highest BCUT2D eigenvalue weighted by Crippen LogP contribution is 2.20. The van der Waals surface area contributed by atoms with Gasteiger partial charge in [0.25, 0.3) is 0 Å². The molecule has 3 atom stereocenters. The summed E-state index contributed by atoms with van der Waals surface area (Å²) in [6, 6.07) is 0.658. The second kappa shape index (κ2) is 8.13. The van der Waals surface area contributed by atoms with Crippen LogP contribution in [0, 0.1) is 0 Å². The Labute approximate surface area is 146 Å². The van der Waals surface area contributed by atoms with E-state index in [-0.39, 0.29) is 18.1 Å². The van der Waals surface area contributed by atoms with Crippen molar-refractivity contribution in [3.05, 3.63) is 0 Å². The SMILES string of the molecule is CC1CN(C2CCN(CC(=O)N3CC(C)OC(C)C3)CC2)CCO1. The van der Waals surface area contributed by atoms with Crippen LogP contribution in [0.25, 0.3) is 0 Å². The minimum atomic E-state index is 0.145. The van der Waals surface area contributed by atoms with Gasteiger partial charge in [0.1, 0.15) is 0 Å². The maximum atomic E-state index is 12.6. The molecule has 3 rings (SSSR count). The molecule has 1 amide bonds. The lowest BCUT2D eigenvalue weighted by atomic mass is 10.0. The summed E-state index contributed by atoms with van der Waals surface area (Å²) in [7, 11) is 0. The number of piperidine rings is 1. The van der Waals surface area contributed by atoms with Crippen molar-refractivity contribution in [1.82, 2.24) is 14.7 Å². The molecule has 3 saturated heterocycles. The normalized spacial score (nSPS) is 34.5. The van der Waals surface area contributed by atoms with Crippen LogP contribution in [-0.4, -0.2) is 97.4 Å². The van der Waals surface area contributed by atoms with Crippen LogP contribution in [0.2, 0.25) is 0 Å². The predicted molar refractivity (Wildman–Crippen MR) is 93.0 cm³/mol. The minimum Gasteiger partial charge on any atom is -0.376 e. The number of ether oxygens (including phenoxy) is 2. The van der Waals surface area contributed by atoms with Crippen LogP contribution in [0.15, 0.2) is 0 Å². The van der Waals surface area contributed by atoms with Gasteiger partial charge in [-0.05, 0) is 33.6 Å². The Morgan fingerprint density at radius 2 is 1.62 bits per heavy atom. The molecule has 0 saturated carbocycles. The molecule has 0 N–H and O–H groups in total. The largest absolute Gasteiger partial charge is 0.376 e. The van der Waals surface area contributed by atoms with E-state index >= 15 is 0 Å². The molecule has 3 fully saturated rings. The minimum absolute atomic E-state index is 0.145. The fourth-order valence-corrected chi connectivity index (χ4v) is 4.29. The summed E-state index contributed by atoms with van der Waals surface area (Å²) < 4.78 is 11.4. The summed E-state index contributed by atoms with van der Waals surface area (Å²) in [6.07, 6.45) is 2.97. The Balaban J connectivity index is 1.42. The first kappa shape index (κ1) is 18.1. The summed E-state index contributed by atoms with van der Waals surface area (Å²) in [6.45, 7) is 13.3. The number of likely N-dealkylation sites (tertiary alicyclic amines) is 1. The molecule has 3 heterocycles. The second-order valence-electron chi connectivity index (χ2n) is 7.74. The first-order valence-corrected chi connectivity index (χ1v) is 9.52. The molecule has 0 aromatic carbocycles. The van der Waals surface area contributed by atoms with Gasteiger partial charge in [-0.1, -0.05) is 0 Å². The van der Waals surface area contributed by atoms with E-state index in [0.29, 0.717) is 18.7 Å². The van der Waals surface area contributed by atoms with Gasteiger partial charge >= 0.3 is 0 Å².